The Morgan fingerprint density at radius 3 is 2.72 bits per heavy atom. The summed E-state index contributed by atoms with van der Waals surface area (Å²) in [6.07, 6.45) is 10.8. The third-order valence-corrected chi connectivity index (χ3v) is 5.12. The fraction of sp³-hybridized carbons (Fsp3) is 0.588. The number of amides is 1. The summed E-state index contributed by atoms with van der Waals surface area (Å²) < 4.78 is 1.88. The molecule has 4 heterocycles. The molecule has 4 rings (SSSR count). The van der Waals surface area contributed by atoms with Gasteiger partial charge in [0.2, 0.25) is 11.9 Å². The van der Waals surface area contributed by atoms with E-state index in [2.05, 4.69) is 25.0 Å². The maximum absolute atomic E-state index is 13.1. The predicted octanol–water partition coefficient (Wildman–Crippen LogP) is 1.15. The van der Waals surface area contributed by atoms with Crippen LogP contribution in [0.5, 0.6) is 0 Å². The number of carbonyl (C=O) groups excluding carboxylic acids is 1. The molecule has 2 aromatic heterocycles. The van der Waals surface area contributed by atoms with E-state index in [0.29, 0.717) is 6.54 Å². The van der Waals surface area contributed by atoms with Crippen molar-refractivity contribution in [3.63, 3.8) is 0 Å². The molecule has 0 aromatic carbocycles. The van der Waals surface area contributed by atoms with Crippen LogP contribution in [0.15, 0.2) is 31.1 Å². The predicted molar refractivity (Wildman–Crippen MR) is 91.8 cm³/mol. The second-order valence-electron chi connectivity index (χ2n) is 6.79. The van der Waals surface area contributed by atoms with Crippen LogP contribution in [0.4, 0.5) is 5.95 Å². The van der Waals surface area contributed by atoms with Gasteiger partial charge in [0.1, 0.15) is 12.7 Å². The average Bonchev–Trinajstić information content (AvgIpc) is 3.23. The first-order chi connectivity index (χ1) is 12.3. The van der Waals surface area contributed by atoms with E-state index >= 15 is 0 Å². The molecule has 0 N–H and O–H groups in total. The lowest BCUT2D eigenvalue weighted by atomic mass is 9.95. The number of anilines is 1. The van der Waals surface area contributed by atoms with Crippen LogP contribution < -0.4 is 4.90 Å². The van der Waals surface area contributed by atoms with Gasteiger partial charge in [0, 0.05) is 38.6 Å². The summed E-state index contributed by atoms with van der Waals surface area (Å²) in [5, 5.41) is 4.24. The molecule has 2 fully saturated rings. The zero-order chi connectivity index (χ0) is 17.1. The molecule has 2 aliphatic rings. The molecule has 2 saturated heterocycles. The molecule has 0 aliphatic carbocycles. The van der Waals surface area contributed by atoms with Crippen LogP contribution in [-0.2, 0) is 4.79 Å². The summed E-state index contributed by atoms with van der Waals surface area (Å²) in [7, 11) is 0. The Morgan fingerprint density at radius 2 is 1.92 bits per heavy atom. The standard InChI is InChI=1S/C17H23N7O/c25-16(22-8-2-5-15(11-22)24-13-18-12-21-24)14-4-1-9-23(10-14)17-19-6-3-7-20-17/h3,6-7,12-15H,1-2,4-5,8-11H2/t14-,15+/m1/s1. The zero-order valence-electron chi connectivity index (χ0n) is 14.2. The molecule has 0 unspecified atom stereocenters. The summed E-state index contributed by atoms with van der Waals surface area (Å²) in [5.41, 5.74) is 0. The molecule has 8 heteroatoms. The summed E-state index contributed by atoms with van der Waals surface area (Å²) in [6.45, 7) is 3.17. The van der Waals surface area contributed by atoms with Gasteiger partial charge in [-0.25, -0.2) is 19.6 Å². The molecule has 2 aromatic rings. The minimum atomic E-state index is 0.0204. The summed E-state index contributed by atoms with van der Waals surface area (Å²) in [6, 6.07) is 2.05. The van der Waals surface area contributed by atoms with Crippen molar-refractivity contribution in [3.8, 4) is 0 Å². The second-order valence-corrected chi connectivity index (χ2v) is 6.79. The van der Waals surface area contributed by atoms with Crippen LogP contribution in [0, 0.1) is 5.92 Å². The maximum atomic E-state index is 13.1. The largest absolute Gasteiger partial charge is 0.340 e. The van der Waals surface area contributed by atoms with Crippen LogP contribution in [0.1, 0.15) is 31.7 Å². The first kappa shape index (κ1) is 16.0. The molecule has 0 spiro atoms. The topological polar surface area (TPSA) is 80.0 Å². The number of aromatic nitrogens is 5. The number of likely N-dealkylation sites (tertiary alicyclic amines) is 1. The Labute approximate surface area is 146 Å². The third-order valence-electron chi connectivity index (χ3n) is 5.12. The molecule has 25 heavy (non-hydrogen) atoms. The van der Waals surface area contributed by atoms with E-state index in [4.69, 9.17) is 0 Å². The lowest BCUT2D eigenvalue weighted by Crippen LogP contribution is -2.48. The third kappa shape index (κ3) is 3.47. The minimum absolute atomic E-state index is 0.0204. The molecule has 0 radical (unpaired) electrons. The van der Waals surface area contributed by atoms with Gasteiger partial charge in [0.25, 0.3) is 0 Å². The van der Waals surface area contributed by atoms with Gasteiger partial charge in [-0.2, -0.15) is 5.10 Å². The van der Waals surface area contributed by atoms with Gasteiger partial charge in [-0.3, -0.25) is 4.79 Å². The number of hydrogen-bond donors (Lipinski definition) is 0. The smallest absolute Gasteiger partial charge is 0.227 e. The van der Waals surface area contributed by atoms with Gasteiger partial charge < -0.3 is 9.80 Å². The van der Waals surface area contributed by atoms with Gasteiger partial charge in [-0.1, -0.05) is 0 Å². The average molecular weight is 341 g/mol. The van der Waals surface area contributed by atoms with E-state index in [0.717, 1.165) is 51.3 Å². The van der Waals surface area contributed by atoms with Crippen molar-refractivity contribution in [2.75, 3.05) is 31.1 Å². The fourth-order valence-electron chi connectivity index (χ4n) is 3.85. The molecule has 2 atom stereocenters. The van der Waals surface area contributed by atoms with Crippen molar-refractivity contribution < 1.29 is 4.79 Å². The highest BCUT2D eigenvalue weighted by Crippen LogP contribution is 2.26. The van der Waals surface area contributed by atoms with E-state index in [1.165, 1.54) is 0 Å². The molecule has 0 bridgehead atoms. The maximum Gasteiger partial charge on any atom is 0.227 e. The first-order valence-corrected chi connectivity index (χ1v) is 8.96. The van der Waals surface area contributed by atoms with Crippen molar-refractivity contribution in [2.24, 2.45) is 5.92 Å². The van der Waals surface area contributed by atoms with Crippen molar-refractivity contribution >= 4 is 11.9 Å². The summed E-state index contributed by atoms with van der Waals surface area (Å²) >= 11 is 0. The van der Waals surface area contributed by atoms with Gasteiger partial charge in [0.15, 0.2) is 0 Å². The van der Waals surface area contributed by atoms with Gasteiger partial charge >= 0.3 is 0 Å². The second kappa shape index (κ2) is 7.16. The van der Waals surface area contributed by atoms with Crippen LogP contribution in [0.3, 0.4) is 0 Å². The van der Waals surface area contributed by atoms with E-state index in [1.807, 2.05) is 15.6 Å². The molecule has 2 aliphatic heterocycles. The van der Waals surface area contributed by atoms with Crippen LogP contribution in [0.25, 0.3) is 0 Å². The lowest BCUT2D eigenvalue weighted by Gasteiger charge is -2.38. The van der Waals surface area contributed by atoms with Crippen molar-refractivity contribution in [1.29, 1.82) is 0 Å². The van der Waals surface area contributed by atoms with Crippen molar-refractivity contribution in [1.82, 2.24) is 29.6 Å². The number of rotatable bonds is 3. The quantitative estimate of drug-likeness (QED) is 0.833. The molecule has 1 amide bonds. The molecule has 0 saturated carbocycles. The first-order valence-electron chi connectivity index (χ1n) is 8.96. The van der Waals surface area contributed by atoms with Gasteiger partial charge in [-0.15, -0.1) is 0 Å². The Hall–Kier alpha value is -2.51. The van der Waals surface area contributed by atoms with Crippen molar-refractivity contribution in [3.05, 3.63) is 31.1 Å². The summed E-state index contributed by atoms with van der Waals surface area (Å²) in [4.78, 5) is 29.9. The van der Waals surface area contributed by atoms with Crippen LogP contribution in [0.2, 0.25) is 0 Å². The Balaban J connectivity index is 1.41. The zero-order valence-corrected chi connectivity index (χ0v) is 14.2. The highest BCUT2D eigenvalue weighted by atomic mass is 16.2. The lowest BCUT2D eigenvalue weighted by molar-refractivity contribution is -0.137. The number of piperidine rings is 2. The minimum Gasteiger partial charge on any atom is -0.340 e. The SMILES string of the molecule is O=C([C@@H]1CCCN(c2ncccn2)C1)N1CCC[C@H](n2cncn2)C1. The van der Waals surface area contributed by atoms with Gasteiger partial charge in [-0.05, 0) is 31.7 Å². The Morgan fingerprint density at radius 1 is 1.08 bits per heavy atom. The van der Waals surface area contributed by atoms with Crippen LogP contribution in [-0.4, -0.2) is 61.7 Å². The number of nitrogens with zero attached hydrogens (tertiary/aromatic N) is 7. The van der Waals surface area contributed by atoms with E-state index < -0.39 is 0 Å². The highest BCUT2D eigenvalue weighted by molar-refractivity contribution is 5.79. The Kier molecular flexibility index (Phi) is 4.58. The normalized spacial score (nSPS) is 24.3. The van der Waals surface area contributed by atoms with Crippen LogP contribution >= 0.6 is 0 Å². The van der Waals surface area contributed by atoms with Crippen molar-refractivity contribution in [2.45, 2.75) is 31.7 Å². The monoisotopic (exact) mass is 341 g/mol. The molecular formula is C17H23N7O. The summed E-state index contributed by atoms with van der Waals surface area (Å²) in [5.74, 6) is 0.997. The molecular weight excluding hydrogens is 318 g/mol. The highest BCUT2D eigenvalue weighted by Gasteiger charge is 2.33. The number of carbonyl (C=O) groups is 1. The van der Waals surface area contributed by atoms with E-state index in [9.17, 15) is 4.79 Å². The molecule has 132 valence electrons. The number of hydrogen-bond acceptors (Lipinski definition) is 6. The fourth-order valence-corrected chi connectivity index (χ4v) is 3.85. The molecule has 8 nitrogen and oxygen atoms in total. The Bertz CT molecular complexity index is 690. The van der Waals surface area contributed by atoms with E-state index in [1.54, 1.807) is 25.0 Å². The van der Waals surface area contributed by atoms with Gasteiger partial charge in [0.05, 0.1) is 12.0 Å². The van der Waals surface area contributed by atoms with E-state index in [-0.39, 0.29) is 17.9 Å².